The van der Waals surface area contributed by atoms with E-state index in [-0.39, 0.29) is 6.04 Å². The van der Waals surface area contributed by atoms with Crippen LogP contribution in [0.3, 0.4) is 0 Å². The molecule has 2 heteroatoms. The lowest BCUT2D eigenvalue weighted by atomic mass is 9.79. The van der Waals surface area contributed by atoms with Crippen LogP contribution in [-0.2, 0) is 4.79 Å². The van der Waals surface area contributed by atoms with Crippen molar-refractivity contribution in [3.05, 3.63) is 35.9 Å². The average molecular weight is 229 g/mol. The van der Waals surface area contributed by atoms with Crippen LogP contribution in [0.25, 0.3) is 0 Å². The summed E-state index contributed by atoms with van der Waals surface area (Å²) in [6.07, 6.45) is 4.09. The van der Waals surface area contributed by atoms with Crippen LogP contribution in [0.4, 0.5) is 0 Å². The maximum atomic E-state index is 12.0. The molecular weight excluding hydrogens is 210 g/mol. The van der Waals surface area contributed by atoms with E-state index in [1.54, 1.807) is 0 Å². The normalized spacial score (nSPS) is 30.0. The molecule has 0 amide bonds. The fraction of sp³-hybridized carbons (Fsp3) is 0.533. The smallest absolute Gasteiger partial charge is 0.150 e. The molecule has 2 unspecified atom stereocenters. The van der Waals surface area contributed by atoms with Crippen LogP contribution in [0, 0.1) is 0 Å². The highest BCUT2D eigenvalue weighted by molar-refractivity contribution is 5.85. The third-order valence-corrected chi connectivity index (χ3v) is 4.22. The molecule has 1 aromatic rings. The summed E-state index contributed by atoms with van der Waals surface area (Å²) in [6, 6.07) is 10.9. The number of Topliss-reactive ketones (excluding diaryl/α,β-unsaturated/α-hetero) is 1. The zero-order valence-corrected chi connectivity index (χ0v) is 10.1. The minimum absolute atomic E-state index is 0.211. The molecule has 17 heavy (non-hydrogen) atoms. The van der Waals surface area contributed by atoms with Crippen molar-refractivity contribution in [3.8, 4) is 0 Å². The van der Waals surface area contributed by atoms with E-state index in [1.807, 2.05) is 0 Å². The van der Waals surface area contributed by atoms with E-state index in [0.717, 1.165) is 32.4 Å². The molecule has 0 radical (unpaired) electrons. The van der Waals surface area contributed by atoms with Gasteiger partial charge in [0.25, 0.3) is 0 Å². The summed E-state index contributed by atoms with van der Waals surface area (Å²) in [5, 5.41) is 0. The van der Waals surface area contributed by atoms with Crippen molar-refractivity contribution in [2.24, 2.45) is 0 Å². The Hall–Kier alpha value is -1.15. The average Bonchev–Trinajstić information content (AvgIpc) is 2.31. The van der Waals surface area contributed by atoms with E-state index in [2.05, 4.69) is 35.2 Å². The molecule has 2 nitrogen and oxygen atoms in total. The molecule has 2 fully saturated rings. The molecular formula is C15H19NO. The summed E-state index contributed by atoms with van der Waals surface area (Å²) < 4.78 is 0. The summed E-state index contributed by atoms with van der Waals surface area (Å²) in [5.41, 5.74) is 1.41. The molecule has 0 spiro atoms. The zero-order valence-electron chi connectivity index (χ0n) is 10.1. The lowest BCUT2D eigenvalue weighted by molar-refractivity contribution is -0.128. The highest BCUT2D eigenvalue weighted by Crippen LogP contribution is 2.34. The predicted octanol–water partition coefficient (Wildman–Crippen LogP) is 2.60. The lowest BCUT2D eigenvalue weighted by Gasteiger charge is -2.41. The van der Waals surface area contributed by atoms with Gasteiger partial charge in [0.05, 0.1) is 6.04 Å². The van der Waals surface area contributed by atoms with Crippen LogP contribution >= 0.6 is 0 Å². The monoisotopic (exact) mass is 229 g/mol. The van der Waals surface area contributed by atoms with Gasteiger partial charge in [0, 0.05) is 19.5 Å². The van der Waals surface area contributed by atoms with Crippen molar-refractivity contribution < 1.29 is 4.79 Å². The van der Waals surface area contributed by atoms with Gasteiger partial charge < -0.3 is 0 Å². The Bertz CT molecular complexity index is 397. The Labute approximate surface area is 103 Å². The Kier molecular flexibility index (Phi) is 2.98. The van der Waals surface area contributed by atoms with E-state index in [4.69, 9.17) is 0 Å². The van der Waals surface area contributed by atoms with Gasteiger partial charge >= 0.3 is 0 Å². The van der Waals surface area contributed by atoms with Crippen molar-refractivity contribution in [3.63, 3.8) is 0 Å². The molecule has 1 aromatic carbocycles. The molecule has 1 aliphatic heterocycles. The second-order valence-electron chi connectivity index (χ2n) is 5.25. The first kappa shape index (κ1) is 11.0. The second kappa shape index (κ2) is 4.61. The fourth-order valence-electron chi connectivity index (χ4n) is 3.03. The third-order valence-electron chi connectivity index (χ3n) is 4.22. The topological polar surface area (TPSA) is 20.3 Å². The standard InChI is InChI=1S/C15H19NO/c17-15-8-7-13(12-5-2-1-3-6-12)11-14(15)16-9-4-10-16/h1-3,5-6,13-14H,4,7-11H2. The van der Waals surface area contributed by atoms with E-state index < -0.39 is 0 Å². The molecule has 0 N–H and O–H groups in total. The largest absolute Gasteiger partial charge is 0.298 e. The highest BCUT2D eigenvalue weighted by atomic mass is 16.1. The summed E-state index contributed by atoms with van der Waals surface area (Å²) in [7, 11) is 0. The molecule has 1 heterocycles. The molecule has 3 rings (SSSR count). The number of carbonyl (C=O) groups excluding carboxylic acids is 1. The molecule has 1 aliphatic carbocycles. The van der Waals surface area contributed by atoms with E-state index >= 15 is 0 Å². The maximum Gasteiger partial charge on any atom is 0.150 e. The van der Waals surface area contributed by atoms with E-state index in [9.17, 15) is 4.79 Å². The summed E-state index contributed by atoms with van der Waals surface area (Å²) >= 11 is 0. The van der Waals surface area contributed by atoms with Gasteiger partial charge in [0.2, 0.25) is 0 Å². The van der Waals surface area contributed by atoms with Crippen LogP contribution in [0.5, 0.6) is 0 Å². The summed E-state index contributed by atoms with van der Waals surface area (Å²) in [6.45, 7) is 2.25. The van der Waals surface area contributed by atoms with E-state index in [1.165, 1.54) is 12.0 Å². The maximum absolute atomic E-state index is 12.0. The van der Waals surface area contributed by atoms with Crippen molar-refractivity contribution in [2.75, 3.05) is 13.1 Å². The van der Waals surface area contributed by atoms with E-state index in [0.29, 0.717) is 11.7 Å². The zero-order chi connectivity index (χ0) is 11.7. The minimum atomic E-state index is 0.211. The summed E-state index contributed by atoms with van der Waals surface area (Å²) in [4.78, 5) is 14.3. The third kappa shape index (κ3) is 2.14. The van der Waals surface area contributed by atoms with Crippen LogP contribution < -0.4 is 0 Å². The number of hydrogen-bond acceptors (Lipinski definition) is 2. The number of nitrogens with zero attached hydrogens (tertiary/aromatic N) is 1. The van der Waals surface area contributed by atoms with Crippen molar-refractivity contribution in [2.45, 2.75) is 37.6 Å². The van der Waals surface area contributed by atoms with Gasteiger partial charge in [-0.15, -0.1) is 0 Å². The number of rotatable bonds is 2. The SMILES string of the molecule is O=C1CCC(c2ccccc2)CC1N1CCC1. The lowest BCUT2D eigenvalue weighted by Crippen LogP contribution is -2.51. The van der Waals surface area contributed by atoms with Gasteiger partial charge in [-0.1, -0.05) is 30.3 Å². The van der Waals surface area contributed by atoms with Gasteiger partial charge in [0.1, 0.15) is 5.78 Å². The minimum Gasteiger partial charge on any atom is -0.298 e. The van der Waals surface area contributed by atoms with Gasteiger partial charge in [0.15, 0.2) is 0 Å². The number of benzene rings is 1. The second-order valence-corrected chi connectivity index (χ2v) is 5.25. The Morgan fingerprint density at radius 2 is 1.88 bits per heavy atom. The molecule has 2 atom stereocenters. The highest BCUT2D eigenvalue weighted by Gasteiger charge is 2.35. The van der Waals surface area contributed by atoms with Gasteiger partial charge in [-0.05, 0) is 30.7 Å². The summed E-state index contributed by atoms with van der Waals surface area (Å²) in [5.74, 6) is 1.05. The number of carbonyl (C=O) groups is 1. The Balaban J connectivity index is 1.73. The first-order valence-corrected chi connectivity index (χ1v) is 6.66. The van der Waals surface area contributed by atoms with Crippen LogP contribution in [-0.4, -0.2) is 29.8 Å². The fourth-order valence-corrected chi connectivity index (χ4v) is 3.03. The van der Waals surface area contributed by atoms with Crippen molar-refractivity contribution in [1.82, 2.24) is 4.90 Å². The first-order valence-electron chi connectivity index (χ1n) is 6.66. The number of hydrogen-bond donors (Lipinski definition) is 0. The van der Waals surface area contributed by atoms with Crippen molar-refractivity contribution >= 4 is 5.78 Å². The predicted molar refractivity (Wildman–Crippen MR) is 68.0 cm³/mol. The Morgan fingerprint density at radius 3 is 2.53 bits per heavy atom. The molecule has 2 aliphatic rings. The van der Waals surface area contributed by atoms with Crippen LogP contribution in [0.2, 0.25) is 0 Å². The van der Waals surface area contributed by atoms with Gasteiger partial charge in [-0.2, -0.15) is 0 Å². The molecule has 0 bridgehead atoms. The first-order chi connectivity index (χ1) is 8.34. The van der Waals surface area contributed by atoms with Crippen molar-refractivity contribution in [1.29, 1.82) is 0 Å². The molecule has 1 saturated carbocycles. The molecule has 1 saturated heterocycles. The quantitative estimate of drug-likeness (QED) is 0.777. The molecule has 90 valence electrons. The van der Waals surface area contributed by atoms with Crippen LogP contribution in [0.1, 0.15) is 37.2 Å². The number of likely N-dealkylation sites (tertiary alicyclic amines) is 1. The van der Waals surface area contributed by atoms with Gasteiger partial charge in [-0.25, -0.2) is 0 Å². The number of ketones is 1. The van der Waals surface area contributed by atoms with Gasteiger partial charge in [-0.3, -0.25) is 9.69 Å². The Morgan fingerprint density at radius 1 is 1.12 bits per heavy atom. The molecule has 0 aromatic heterocycles. The van der Waals surface area contributed by atoms with Crippen LogP contribution in [0.15, 0.2) is 30.3 Å².